The second-order valence-corrected chi connectivity index (χ2v) is 6.85. The number of piperidine rings is 1. The topological polar surface area (TPSA) is 76.1 Å². The van der Waals surface area contributed by atoms with Gasteiger partial charge < -0.3 is 19.5 Å². The highest BCUT2D eigenvalue weighted by molar-refractivity contribution is 5.87. The molecule has 0 spiro atoms. The first-order chi connectivity index (χ1) is 13.5. The molecule has 28 heavy (non-hydrogen) atoms. The lowest BCUT2D eigenvalue weighted by molar-refractivity contribution is -0.143. The number of hydrogen-bond acceptors (Lipinski definition) is 4. The zero-order chi connectivity index (χ0) is 20.1. The summed E-state index contributed by atoms with van der Waals surface area (Å²) in [6.07, 6.45) is 0.858. The smallest absolute Gasteiger partial charge is 0.335 e. The standard InChI is InChI=1S/C22H25NO5/c1-3-27-18-9-5-7-16(13-18)21-19(10-11-20(24)23(21)2)28-14-15-6-4-8-17(12-15)22(25)26/h4-9,12-13,19,21H,3,10-11,14H2,1-2H3,(H,25,26)/t19-,21+/m0/s1. The summed E-state index contributed by atoms with van der Waals surface area (Å²) in [5.41, 5.74) is 1.99. The number of benzene rings is 2. The van der Waals surface area contributed by atoms with Gasteiger partial charge >= 0.3 is 5.97 Å². The highest BCUT2D eigenvalue weighted by atomic mass is 16.5. The van der Waals surface area contributed by atoms with Crippen molar-refractivity contribution < 1.29 is 24.2 Å². The van der Waals surface area contributed by atoms with Crippen molar-refractivity contribution >= 4 is 11.9 Å². The minimum Gasteiger partial charge on any atom is -0.494 e. The van der Waals surface area contributed by atoms with Crippen LogP contribution in [0.25, 0.3) is 0 Å². The third-order valence-electron chi connectivity index (χ3n) is 4.95. The first kappa shape index (κ1) is 19.9. The molecule has 0 radical (unpaired) electrons. The fourth-order valence-electron chi connectivity index (χ4n) is 3.57. The molecule has 1 heterocycles. The lowest BCUT2D eigenvalue weighted by atomic mass is 9.92. The summed E-state index contributed by atoms with van der Waals surface area (Å²) in [5, 5.41) is 9.15. The molecule has 2 aromatic rings. The summed E-state index contributed by atoms with van der Waals surface area (Å²) in [6, 6.07) is 14.2. The number of aromatic carboxylic acids is 1. The van der Waals surface area contributed by atoms with Gasteiger partial charge in [-0.15, -0.1) is 0 Å². The Hall–Kier alpha value is -2.86. The Kier molecular flexibility index (Phi) is 6.31. The lowest BCUT2D eigenvalue weighted by Gasteiger charge is -2.39. The molecule has 6 heteroatoms. The van der Waals surface area contributed by atoms with E-state index in [0.29, 0.717) is 19.4 Å². The first-order valence-corrected chi connectivity index (χ1v) is 9.42. The Morgan fingerprint density at radius 2 is 2.00 bits per heavy atom. The van der Waals surface area contributed by atoms with Crippen LogP contribution >= 0.6 is 0 Å². The second kappa shape index (κ2) is 8.89. The van der Waals surface area contributed by atoms with Crippen molar-refractivity contribution in [1.82, 2.24) is 4.90 Å². The number of ether oxygens (including phenoxy) is 2. The average molecular weight is 383 g/mol. The third kappa shape index (κ3) is 4.51. The molecular weight excluding hydrogens is 358 g/mol. The minimum atomic E-state index is -0.963. The van der Waals surface area contributed by atoms with Gasteiger partial charge in [-0.1, -0.05) is 24.3 Å². The Morgan fingerprint density at radius 1 is 1.21 bits per heavy atom. The normalized spacial score (nSPS) is 19.5. The van der Waals surface area contributed by atoms with Crippen LogP contribution in [0.3, 0.4) is 0 Å². The van der Waals surface area contributed by atoms with Crippen LogP contribution in [0.5, 0.6) is 5.75 Å². The van der Waals surface area contributed by atoms with Gasteiger partial charge in [0.05, 0.1) is 30.9 Å². The predicted octanol–water partition coefficient (Wildman–Crippen LogP) is 3.66. The van der Waals surface area contributed by atoms with Gasteiger partial charge in [-0.2, -0.15) is 0 Å². The predicted molar refractivity (Wildman–Crippen MR) is 104 cm³/mol. The van der Waals surface area contributed by atoms with E-state index in [1.54, 1.807) is 30.1 Å². The molecule has 1 amide bonds. The lowest BCUT2D eigenvalue weighted by Crippen LogP contribution is -2.44. The van der Waals surface area contributed by atoms with Gasteiger partial charge in [-0.3, -0.25) is 4.79 Å². The van der Waals surface area contributed by atoms with Crippen LogP contribution in [0.2, 0.25) is 0 Å². The van der Waals surface area contributed by atoms with E-state index in [1.807, 2.05) is 37.3 Å². The van der Waals surface area contributed by atoms with Gasteiger partial charge in [0, 0.05) is 13.5 Å². The van der Waals surface area contributed by atoms with Crippen LogP contribution in [0, 0.1) is 0 Å². The maximum absolute atomic E-state index is 12.3. The molecule has 1 N–H and O–H groups in total. The third-order valence-corrected chi connectivity index (χ3v) is 4.95. The van der Waals surface area contributed by atoms with Crippen molar-refractivity contribution in [3.63, 3.8) is 0 Å². The first-order valence-electron chi connectivity index (χ1n) is 9.42. The summed E-state index contributed by atoms with van der Waals surface area (Å²) in [6.45, 7) is 2.79. The fraction of sp³-hybridized carbons (Fsp3) is 0.364. The van der Waals surface area contributed by atoms with Gasteiger partial charge in [-0.05, 0) is 48.7 Å². The molecule has 0 bridgehead atoms. The zero-order valence-electron chi connectivity index (χ0n) is 16.1. The number of nitrogens with zero attached hydrogens (tertiary/aromatic N) is 1. The van der Waals surface area contributed by atoms with Gasteiger partial charge in [0.25, 0.3) is 0 Å². The Morgan fingerprint density at radius 3 is 2.75 bits per heavy atom. The van der Waals surface area contributed by atoms with Crippen LogP contribution in [0.4, 0.5) is 0 Å². The van der Waals surface area contributed by atoms with E-state index >= 15 is 0 Å². The van der Waals surface area contributed by atoms with E-state index < -0.39 is 5.97 Å². The fourth-order valence-corrected chi connectivity index (χ4v) is 3.57. The molecular formula is C22H25NO5. The van der Waals surface area contributed by atoms with Crippen molar-refractivity contribution in [2.24, 2.45) is 0 Å². The second-order valence-electron chi connectivity index (χ2n) is 6.85. The van der Waals surface area contributed by atoms with Crippen LogP contribution in [0.1, 0.15) is 47.3 Å². The quantitative estimate of drug-likeness (QED) is 0.790. The number of carbonyl (C=O) groups is 2. The summed E-state index contributed by atoms with van der Waals surface area (Å²) < 4.78 is 11.8. The largest absolute Gasteiger partial charge is 0.494 e. The van der Waals surface area contributed by atoms with E-state index in [2.05, 4.69) is 0 Å². The van der Waals surface area contributed by atoms with Crippen molar-refractivity contribution in [3.8, 4) is 5.75 Å². The van der Waals surface area contributed by atoms with E-state index in [0.717, 1.165) is 16.9 Å². The number of carboxylic acids is 1. The maximum Gasteiger partial charge on any atom is 0.335 e. The molecule has 0 unspecified atom stereocenters. The van der Waals surface area contributed by atoms with Crippen molar-refractivity contribution in [2.75, 3.05) is 13.7 Å². The number of rotatable bonds is 7. The summed E-state index contributed by atoms with van der Waals surface area (Å²) in [4.78, 5) is 25.2. The molecule has 0 saturated carbocycles. The number of carbonyl (C=O) groups excluding carboxylic acids is 1. The summed E-state index contributed by atoms with van der Waals surface area (Å²) >= 11 is 0. The molecule has 6 nitrogen and oxygen atoms in total. The van der Waals surface area contributed by atoms with Gasteiger partial charge in [0.15, 0.2) is 0 Å². The highest BCUT2D eigenvalue weighted by Gasteiger charge is 2.35. The van der Waals surface area contributed by atoms with Crippen LogP contribution < -0.4 is 4.74 Å². The average Bonchev–Trinajstić information content (AvgIpc) is 2.69. The molecule has 1 saturated heterocycles. The van der Waals surface area contributed by atoms with E-state index in [4.69, 9.17) is 14.6 Å². The number of likely N-dealkylation sites (tertiary alicyclic amines) is 1. The van der Waals surface area contributed by atoms with Crippen LogP contribution in [-0.4, -0.2) is 41.6 Å². The summed E-state index contributed by atoms with van der Waals surface area (Å²) in [7, 11) is 1.79. The zero-order valence-corrected chi connectivity index (χ0v) is 16.1. The molecule has 148 valence electrons. The molecule has 2 aromatic carbocycles. The SMILES string of the molecule is CCOc1cccc([C@@H]2[C@@H](OCc3cccc(C(=O)O)c3)CCC(=O)N2C)c1. The molecule has 1 aliphatic rings. The van der Waals surface area contributed by atoms with Gasteiger partial charge in [-0.25, -0.2) is 4.79 Å². The molecule has 2 atom stereocenters. The molecule has 1 aliphatic heterocycles. The van der Waals surface area contributed by atoms with Crippen LogP contribution in [-0.2, 0) is 16.1 Å². The number of carboxylic acid groups (broad SMARTS) is 1. The highest BCUT2D eigenvalue weighted by Crippen LogP contribution is 2.34. The van der Waals surface area contributed by atoms with E-state index in [9.17, 15) is 9.59 Å². The van der Waals surface area contributed by atoms with Crippen LogP contribution in [0.15, 0.2) is 48.5 Å². The maximum atomic E-state index is 12.3. The molecule has 0 aromatic heterocycles. The Bertz CT molecular complexity index is 850. The van der Waals surface area contributed by atoms with E-state index in [1.165, 1.54) is 0 Å². The monoisotopic (exact) mass is 383 g/mol. The number of hydrogen-bond donors (Lipinski definition) is 1. The van der Waals surface area contributed by atoms with Crippen molar-refractivity contribution in [2.45, 2.75) is 38.5 Å². The number of amides is 1. The number of likely N-dealkylation sites (N-methyl/N-ethyl adjacent to an activating group) is 1. The minimum absolute atomic E-state index is 0.0829. The van der Waals surface area contributed by atoms with E-state index in [-0.39, 0.29) is 30.2 Å². The molecule has 0 aliphatic carbocycles. The Balaban J connectivity index is 1.80. The van der Waals surface area contributed by atoms with Crippen molar-refractivity contribution in [3.05, 3.63) is 65.2 Å². The summed E-state index contributed by atoms with van der Waals surface area (Å²) in [5.74, 6) is -0.116. The molecule has 1 fully saturated rings. The van der Waals surface area contributed by atoms with Crippen molar-refractivity contribution in [1.29, 1.82) is 0 Å². The molecule has 3 rings (SSSR count). The Labute approximate surface area is 164 Å². The van der Waals surface area contributed by atoms with Gasteiger partial charge in [0.2, 0.25) is 5.91 Å². The van der Waals surface area contributed by atoms with Gasteiger partial charge in [0.1, 0.15) is 5.75 Å².